The number of thiol groups is 1. The van der Waals surface area contributed by atoms with Gasteiger partial charge in [-0.2, -0.15) is 12.6 Å². The number of guanidine groups is 3. The summed E-state index contributed by atoms with van der Waals surface area (Å²) in [6, 6.07) is -4.24. The molecule has 0 fully saturated rings. The van der Waals surface area contributed by atoms with Gasteiger partial charge in [-0.25, -0.2) is 0 Å². The maximum absolute atomic E-state index is 13.2. The van der Waals surface area contributed by atoms with Crippen LogP contribution in [0.15, 0.2) is 0 Å². The van der Waals surface area contributed by atoms with E-state index in [4.69, 9.17) is 44.9 Å². The molecule has 4 atom stereocenters. The molecule has 0 saturated carbocycles. The van der Waals surface area contributed by atoms with E-state index in [0.717, 1.165) is 0 Å². The first kappa shape index (κ1) is 36.0. The van der Waals surface area contributed by atoms with Gasteiger partial charge in [0.25, 0.3) is 0 Å². The van der Waals surface area contributed by atoms with Gasteiger partial charge in [0.1, 0.15) is 18.1 Å². The fourth-order valence-corrected chi connectivity index (χ4v) is 3.48. The highest BCUT2D eigenvalue weighted by Crippen LogP contribution is 2.05. The van der Waals surface area contributed by atoms with Crippen LogP contribution < -0.4 is 60.6 Å². The van der Waals surface area contributed by atoms with Gasteiger partial charge in [-0.3, -0.25) is 35.4 Å². The van der Waals surface area contributed by atoms with Crippen molar-refractivity contribution in [2.24, 2.45) is 28.7 Å². The Morgan fingerprint density at radius 1 is 0.600 bits per heavy atom. The minimum absolute atomic E-state index is 0.0384. The molecule has 228 valence electrons. The first-order chi connectivity index (χ1) is 18.8. The summed E-state index contributed by atoms with van der Waals surface area (Å²) >= 11 is 4.00. The zero-order valence-electron chi connectivity index (χ0n) is 22.3. The van der Waals surface area contributed by atoms with Gasteiger partial charge in [-0.05, 0) is 38.5 Å². The van der Waals surface area contributed by atoms with Crippen LogP contribution in [0.1, 0.15) is 38.5 Å². The van der Waals surface area contributed by atoms with Crippen LogP contribution in [-0.2, 0) is 19.2 Å². The molecule has 0 heterocycles. The van der Waals surface area contributed by atoms with Crippen LogP contribution >= 0.6 is 12.6 Å². The highest BCUT2D eigenvalue weighted by Gasteiger charge is 2.29. The fraction of sp³-hybridized carbons (Fsp3) is 0.667. The Morgan fingerprint density at radius 2 is 0.925 bits per heavy atom. The number of nitrogens with two attached hydrogens (primary N) is 5. The van der Waals surface area contributed by atoms with E-state index in [1.807, 2.05) is 0 Å². The van der Waals surface area contributed by atoms with Crippen molar-refractivity contribution < 1.29 is 19.2 Å². The van der Waals surface area contributed by atoms with Gasteiger partial charge in [0.2, 0.25) is 23.6 Å². The van der Waals surface area contributed by atoms with Gasteiger partial charge in [0.05, 0.1) is 6.04 Å². The fourth-order valence-electron chi connectivity index (χ4n) is 3.32. The topological polar surface area (TPSA) is 342 Å². The van der Waals surface area contributed by atoms with Gasteiger partial charge in [-0.1, -0.05) is 0 Å². The summed E-state index contributed by atoms with van der Waals surface area (Å²) in [6.45, 7) is 0.770. The average Bonchev–Trinajstić information content (AvgIpc) is 2.87. The maximum Gasteiger partial charge on any atom is 0.243 e. The van der Waals surface area contributed by atoms with Crippen LogP contribution in [0, 0.1) is 16.2 Å². The molecule has 4 amide bonds. The van der Waals surface area contributed by atoms with Crippen molar-refractivity contribution in [1.29, 1.82) is 16.2 Å². The van der Waals surface area contributed by atoms with Gasteiger partial charge in [-0.15, -0.1) is 0 Å². The summed E-state index contributed by atoms with van der Waals surface area (Å²) in [7, 11) is 0. The number of amides is 4. The Labute approximate surface area is 238 Å². The summed E-state index contributed by atoms with van der Waals surface area (Å²) in [6.07, 6.45) is 1.39. The number of hydrogen-bond acceptors (Lipinski definition) is 9. The van der Waals surface area contributed by atoms with Crippen LogP contribution in [-0.4, -0.2) is 91.1 Å². The summed E-state index contributed by atoms with van der Waals surface area (Å²) < 4.78 is 0. The molecule has 0 unspecified atom stereocenters. The number of primary amides is 1. The number of carbonyl (C=O) groups excluding carboxylic acids is 4. The molecule has 19 N–H and O–H groups in total. The third-order valence-corrected chi connectivity index (χ3v) is 5.81. The molecule has 0 saturated heterocycles. The van der Waals surface area contributed by atoms with E-state index in [1.165, 1.54) is 0 Å². The van der Waals surface area contributed by atoms with Gasteiger partial charge >= 0.3 is 0 Å². The first-order valence-corrected chi connectivity index (χ1v) is 13.2. The first-order valence-electron chi connectivity index (χ1n) is 12.6. The predicted molar refractivity (Wildman–Crippen MR) is 154 cm³/mol. The second-order valence-corrected chi connectivity index (χ2v) is 9.19. The molecule has 0 bridgehead atoms. The monoisotopic (exact) mass is 588 g/mol. The van der Waals surface area contributed by atoms with E-state index >= 15 is 0 Å². The molecule has 0 rings (SSSR count). The van der Waals surface area contributed by atoms with Crippen LogP contribution in [0.5, 0.6) is 0 Å². The second-order valence-electron chi connectivity index (χ2n) is 8.82. The molecule has 40 heavy (non-hydrogen) atoms. The molecular formula is C21H44N14O4S. The second kappa shape index (κ2) is 20.0. The lowest BCUT2D eigenvalue weighted by atomic mass is 10.1. The summed E-state index contributed by atoms with van der Waals surface area (Å²) in [5.74, 6) is -3.48. The number of hydrogen-bond donors (Lipinski definition) is 15. The molecule has 0 aliphatic rings. The van der Waals surface area contributed by atoms with E-state index in [-0.39, 0.29) is 62.5 Å². The largest absolute Gasteiger partial charge is 0.370 e. The molecule has 19 heteroatoms. The third-order valence-electron chi connectivity index (χ3n) is 5.41. The molecular weight excluding hydrogens is 544 g/mol. The van der Waals surface area contributed by atoms with Crippen molar-refractivity contribution in [3.63, 3.8) is 0 Å². The quantitative estimate of drug-likeness (QED) is 0.0276. The zero-order valence-corrected chi connectivity index (χ0v) is 23.2. The van der Waals surface area contributed by atoms with Crippen molar-refractivity contribution in [3.8, 4) is 0 Å². The smallest absolute Gasteiger partial charge is 0.243 e. The molecule has 0 aromatic carbocycles. The lowest BCUT2D eigenvalue weighted by Gasteiger charge is -2.25. The normalized spacial score (nSPS) is 13.4. The van der Waals surface area contributed by atoms with Crippen LogP contribution in [0.3, 0.4) is 0 Å². The summed E-state index contributed by atoms with van der Waals surface area (Å²) in [5, 5.41) is 37.2. The molecule has 0 aliphatic carbocycles. The Bertz CT molecular complexity index is 889. The van der Waals surface area contributed by atoms with Crippen molar-refractivity contribution in [2.45, 2.75) is 62.7 Å². The summed E-state index contributed by atoms with van der Waals surface area (Å²) in [5.41, 5.74) is 27.0. The van der Waals surface area contributed by atoms with E-state index in [9.17, 15) is 19.2 Å². The highest BCUT2D eigenvalue weighted by molar-refractivity contribution is 7.80. The minimum Gasteiger partial charge on any atom is -0.370 e. The lowest BCUT2D eigenvalue weighted by molar-refractivity contribution is -0.133. The van der Waals surface area contributed by atoms with Gasteiger partial charge < -0.3 is 60.6 Å². The molecule has 0 aliphatic heterocycles. The van der Waals surface area contributed by atoms with Gasteiger partial charge in [0.15, 0.2) is 17.9 Å². The molecule has 0 aromatic rings. The van der Waals surface area contributed by atoms with Crippen molar-refractivity contribution in [1.82, 2.24) is 31.9 Å². The Balaban J connectivity index is 5.60. The maximum atomic E-state index is 13.2. The Hall–Kier alpha value is -4.00. The van der Waals surface area contributed by atoms with Crippen molar-refractivity contribution in [2.75, 3.05) is 25.4 Å². The highest BCUT2D eigenvalue weighted by atomic mass is 32.1. The Kier molecular flexibility index (Phi) is 18.0. The average molecular weight is 589 g/mol. The lowest BCUT2D eigenvalue weighted by Crippen LogP contribution is -2.57. The molecule has 0 aromatic heterocycles. The van der Waals surface area contributed by atoms with E-state index in [2.05, 4.69) is 44.5 Å². The van der Waals surface area contributed by atoms with Crippen molar-refractivity contribution in [3.05, 3.63) is 0 Å². The molecule has 18 nitrogen and oxygen atoms in total. The van der Waals surface area contributed by atoms with Crippen LogP contribution in [0.4, 0.5) is 0 Å². The molecule has 0 radical (unpaired) electrons. The van der Waals surface area contributed by atoms with E-state index in [1.54, 1.807) is 0 Å². The van der Waals surface area contributed by atoms with E-state index in [0.29, 0.717) is 19.3 Å². The Morgan fingerprint density at radius 3 is 1.25 bits per heavy atom. The third kappa shape index (κ3) is 16.8. The minimum atomic E-state index is -1.13. The number of nitrogens with one attached hydrogen (secondary N) is 9. The number of carbonyl (C=O) groups is 4. The standard InChI is InChI=1S/C21H44N14O4S/c22-11(10-40)16(37)34-13(5-2-8-31-20(26)27)18(39)35-14(6-3-9-32-21(28)29)17(38)33-12(15(23)36)4-1-7-30-19(24)25/h11-14,40H,1-10,22H2,(H2,23,36)(H,33,38)(H,34,37)(H,35,39)(H4,24,25,30)(H4,26,27,31)(H4,28,29,32)/t11-,12-,13-,14-/m0/s1. The van der Waals surface area contributed by atoms with Gasteiger partial charge in [0, 0.05) is 25.4 Å². The van der Waals surface area contributed by atoms with Crippen molar-refractivity contribution >= 4 is 54.1 Å². The number of rotatable bonds is 20. The summed E-state index contributed by atoms with van der Waals surface area (Å²) in [4.78, 5) is 50.7. The van der Waals surface area contributed by atoms with E-state index < -0.39 is 47.8 Å². The zero-order chi connectivity index (χ0) is 30.7. The SMILES string of the molecule is N=C(N)NCCC[C@H](NC(=O)[C@H](CCCNC(=N)N)NC(=O)[C@H](CCCNC(=N)N)NC(=O)[C@@H](N)CS)C(N)=O. The molecule has 0 spiro atoms. The van der Waals surface area contributed by atoms with Crippen LogP contribution in [0.25, 0.3) is 0 Å². The predicted octanol–water partition coefficient (Wildman–Crippen LogP) is -5.03. The van der Waals surface area contributed by atoms with Crippen LogP contribution in [0.2, 0.25) is 0 Å².